The first-order valence-corrected chi connectivity index (χ1v) is 10.5. The molecular weight excluding hydrogens is 376 g/mol. The third-order valence-corrected chi connectivity index (χ3v) is 5.55. The Morgan fingerprint density at radius 2 is 1.93 bits per heavy atom. The van der Waals surface area contributed by atoms with E-state index in [2.05, 4.69) is 46.7 Å². The second-order valence-corrected chi connectivity index (χ2v) is 7.80. The third kappa shape index (κ3) is 6.50. The van der Waals surface area contributed by atoms with Gasteiger partial charge in [0.05, 0.1) is 6.04 Å². The van der Waals surface area contributed by atoms with Gasteiger partial charge in [-0.05, 0) is 55.1 Å². The molecule has 2 amide bonds. The average molecular weight is 407 g/mol. The Morgan fingerprint density at radius 3 is 2.67 bits per heavy atom. The van der Waals surface area contributed by atoms with E-state index in [1.54, 1.807) is 6.07 Å². The topological polar surface area (TPSA) is 77.4 Å². The molecule has 158 valence electrons. The van der Waals surface area contributed by atoms with Crippen molar-refractivity contribution in [1.82, 2.24) is 15.5 Å². The largest absolute Gasteiger partial charge is 0.479 e. The number of hydrogen-bond donors (Lipinski definition) is 2. The van der Waals surface area contributed by atoms with E-state index in [1.165, 1.54) is 18.4 Å². The van der Waals surface area contributed by atoms with Gasteiger partial charge in [0.15, 0.2) is 6.61 Å². The summed E-state index contributed by atoms with van der Waals surface area (Å²) >= 11 is 0. The minimum Gasteiger partial charge on any atom is -0.479 e. The Morgan fingerprint density at radius 1 is 1.17 bits per heavy atom. The first-order chi connectivity index (χ1) is 14.7. The number of nitrogens with zero attached hydrogens (tertiary/aromatic N) is 2. The van der Waals surface area contributed by atoms with Gasteiger partial charge >= 0.3 is 6.03 Å². The fraction of sp³-hybridized carbons (Fsp3) is 0.417. The summed E-state index contributed by atoms with van der Waals surface area (Å²) < 4.78 is 5.31. The summed E-state index contributed by atoms with van der Waals surface area (Å²) in [5.74, 6) is 1.39. The summed E-state index contributed by atoms with van der Waals surface area (Å²) in [5, 5.41) is 14.6. The van der Waals surface area contributed by atoms with E-state index >= 15 is 0 Å². The van der Waals surface area contributed by atoms with Gasteiger partial charge in [-0.2, -0.15) is 5.26 Å². The summed E-state index contributed by atoms with van der Waals surface area (Å²) in [6.45, 7) is 5.38. The van der Waals surface area contributed by atoms with Crippen molar-refractivity contribution in [2.45, 2.75) is 32.4 Å². The maximum atomic E-state index is 12.4. The molecule has 0 saturated carbocycles. The number of piperidine rings is 1. The molecule has 0 aromatic heterocycles. The van der Waals surface area contributed by atoms with E-state index in [4.69, 9.17) is 10.00 Å². The van der Waals surface area contributed by atoms with Gasteiger partial charge < -0.3 is 15.4 Å². The number of amides is 2. The number of likely N-dealkylation sites (tertiary alicyclic amines) is 1. The Bertz CT molecular complexity index is 842. The lowest BCUT2D eigenvalue weighted by Gasteiger charge is -2.37. The van der Waals surface area contributed by atoms with Crippen molar-refractivity contribution in [3.05, 3.63) is 65.7 Å². The van der Waals surface area contributed by atoms with Crippen LogP contribution in [-0.2, 0) is 6.54 Å². The quantitative estimate of drug-likeness (QED) is 0.698. The molecule has 2 aromatic rings. The Hall–Kier alpha value is -3.04. The van der Waals surface area contributed by atoms with Crippen molar-refractivity contribution >= 4 is 6.03 Å². The Balaban J connectivity index is 1.53. The second-order valence-electron chi connectivity index (χ2n) is 7.80. The molecule has 2 N–H and O–H groups in total. The molecule has 6 heteroatoms. The van der Waals surface area contributed by atoms with Crippen LogP contribution < -0.4 is 15.4 Å². The summed E-state index contributed by atoms with van der Waals surface area (Å²) in [6.07, 6.45) is 2.39. The summed E-state index contributed by atoms with van der Waals surface area (Å²) in [4.78, 5) is 14.9. The van der Waals surface area contributed by atoms with Gasteiger partial charge in [0, 0.05) is 13.1 Å². The van der Waals surface area contributed by atoms with Crippen LogP contribution >= 0.6 is 0 Å². The van der Waals surface area contributed by atoms with Crippen LogP contribution in [-0.4, -0.2) is 37.2 Å². The predicted octanol–water partition coefficient (Wildman–Crippen LogP) is 3.86. The molecule has 1 aliphatic rings. The molecule has 1 unspecified atom stereocenters. The second kappa shape index (κ2) is 11.2. The number of rotatable bonds is 8. The molecule has 0 spiro atoms. The van der Waals surface area contributed by atoms with Crippen LogP contribution in [0.3, 0.4) is 0 Å². The van der Waals surface area contributed by atoms with Crippen LogP contribution in [0.5, 0.6) is 5.75 Å². The normalized spacial score (nSPS) is 15.7. The van der Waals surface area contributed by atoms with E-state index in [0.29, 0.717) is 18.8 Å². The Kier molecular flexibility index (Phi) is 8.10. The van der Waals surface area contributed by atoms with Crippen LogP contribution in [0.15, 0.2) is 54.6 Å². The molecule has 0 bridgehead atoms. The Labute approximate surface area is 178 Å². The van der Waals surface area contributed by atoms with Crippen molar-refractivity contribution in [1.29, 1.82) is 5.26 Å². The third-order valence-electron chi connectivity index (χ3n) is 5.55. The summed E-state index contributed by atoms with van der Waals surface area (Å²) in [6, 6.07) is 19.7. The molecule has 1 atom stereocenters. The molecule has 0 aliphatic carbocycles. The van der Waals surface area contributed by atoms with Crippen molar-refractivity contribution < 1.29 is 9.53 Å². The lowest BCUT2D eigenvalue weighted by atomic mass is 9.96. The fourth-order valence-electron chi connectivity index (χ4n) is 3.77. The van der Waals surface area contributed by atoms with Gasteiger partial charge in [0.25, 0.3) is 0 Å². The highest BCUT2D eigenvalue weighted by Gasteiger charge is 2.24. The maximum absolute atomic E-state index is 12.4. The zero-order chi connectivity index (χ0) is 21.2. The lowest BCUT2D eigenvalue weighted by Crippen LogP contribution is -2.44. The molecule has 1 aliphatic heterocycles. The van der Waals surface area contributed by atoms with E-state index in [9.17, 15) is 4.79 Å². The molecule has 3 rings (SSSR count). The van der Waals surface area contributed by atoms with Crippen LogP contribution in [0.25, 0.3) is 0 Å². The number of nitrogens with one attached hydrogen (secondary N) is 2. The first kappa shape index (κ1) is 21.7. The number of urea groups is 1. The van der Waals surface area contributed by atoms with E-state index < -0.39 is 0 Å². The minimum absolute atomic E-state index is 0.00746. The van der Waals surface area contributed by atoms with Crippen molar-refractivity contribution in [2.75, 3.05) is 26.2 Å². The average Bonchev–Trinajstić information content (AvgIpc) is 2.78. The van der Waals surface area contributed by atoms with Crippen molar-refractivity contribution in [2.24, 2.45) is 5.92 Å². The highest BCUT2D eigenvalue weighted by molar-refractivity contribution is 5.73. The molecular formula is C24H30N4O2. The van der Waals surface area contributed by atoms with Crippen LogP contribution in [0.2, 0.25) is 0 Å². The van der Waals surface area contributed by atoms with Crippen molar-refractivity contribution in [3.63, 3.8) is 0 Å². The number of ether oxygens (including phenoxy) is 1. The van der Waals surface area contributed by atoms with Crippen molar-refractivity contribution in [3.8, 4) is 11.8 Å². The predicted molar refractivity (Wildman–Crippen MR) is 117 cm³/mol. The summed E-state index contributed by atoms with van der Waals surface area (Å²) in [7, 11) is 0. The molecule has 1 fully saturated rings. The lowest BCUT2D eigenvalue weighted by molar-refractivity contribution is 0.136. The fourth-order valence-corrected chi connectivity index (χ4v) is 3.77. The van der Waals surface area contributed by atoms with Crippen LogP contribution in [0, 0.1) is 17.2 Å². The smallest absolute Gasteiger partial charge is 0.315 e. The standard InChI is InChI=1S/C24H30N4O2/c1-19-10-13-28(14-11-19)23(21-7-3-2-4-8-21)18-27-24(29)26-17-20-6-5-9-22(16-20)30-15-12-25/h2-9,16,19,23H,10-11,13-15,17-18H2,1H3,(H2,26,27,29). The number of carbonyl (C=O) groups is 1. The van der Waals surface area contributed by atoms with E-state index in [1.807, 2.05) is 30.3 Å². The SMILES string of the molecule is CC1CCN(C(CNC(=O)NCc2cccc(OCC#N)c2)c2ccccc2)CC1. The number of nitriles is 1. The number of hydrogen-bond acceptors (Lipinski definition) is 4. The van der Waals surface area contributed by atoms with Gasteiger partial charge in [-0.15, -0.1) is 0 Å². The van der Waals surface area contributed by atoms with Gasteiger partial charge in [-0.3, -0.25) is 4.90 Å². The summed E-state index contributed by atoms with van der Waals surface area (Å²) in [5.41, 5.74) is 2.15. The molecule has 30 heavy (non-hydrogen) atoms. The molecule has 0 radical (unpaired) electrons. The zero-order valence-electron chi connectivity index (χ0n) is 17.5. The molecule has 6 nitrogen and oxygen atoms in total. The maximum Gasteiger partial charge on any atom is 0.315 e. The molecule has 2 aromatic carbocycles. The monoisotopic (exact) mass is 406 g/mol. The van der Waals surface area contributed by atoms with Gasteiger partial charge in [0.1, 0.15) is 11.8 Å². The van der Waals surface area contributed by atoms with E-state index in [0.717, 1.165) is 24.6 Å². The number of carbonyl (C=O) groups excluding carboxylic acids is 1. The van der Waals surface area contributed by atoms with Crippen LogP contribution in [0.1, 0.15) is 36.9 Å². The highest BCUT2D eigenvalue weighted by Crippen LogP contribution is 2.26. The van der Waals surface area contributed by atoms with E-state index in [-0.39, 0.29) is 18.7 Å². The van der Waals surface area contributed by atoms with Crippen LogP contribution in [0.4, 0.5) is 4.79 Å². The number of benzene rings is 2. The van der Waals surface area contributed by atoms with Gasteiger partial charge in [-0.1, -0.05) is 49.4 Å². The first-order valence-electron chi connectivity index (χ1n) is 10.5. The van der Waals surface area contributed by atoms with Gasteiger partial charge in [-0.25, -0.2) is 4.79 Å². The highest BCUT2D eigenvalue weighted by atomic mass is 16.5. The molecule has 1 saturated heterocycles. The minimum atomic E-state index is -0.190. The van der Waals surface area contributed by atoms with Gasteiger partial charge in [0.2, 0.25) is 0 Å². The molecule has 1 heterocycles. The zero-order valence-corrected chi connectivity index (χ0v) is 17.5.